The fourth-order valence-corrected chi connectivity index (χ4v) is 5.46. The quantitative estimate of drug-likeness (QED) is 0.464. The summed E-state index contributed by atoms with van der Waals surface area (Å²) >= 11 is 0. The van der Waals surface area contributed by atoms with Crippen LogP contribution in [0.15, 0.2) is 48.5 Å². The van der Waals surface area contributed by atoms with Crippen molar-refractivity contribution >= 4 is 18.0 Å². The number of carbonyl (C=O) groups is 3. The number of ether oxygens (including phenoxy) is 1. The van der Waals surface area contributed by atoms with Gasteiger partial charge in [-0.1, -0.05) is 61.9 Å². The van der Waals surface area contributed by atoms with Crippen molar-refractivity contribution in [3.8, 4) is 11.1 Å². The smallest absolute Gasteiger partial charge is 0.407 e. The van der Waals surface area contributed by atoms with Crippen LogP contribution >= 0.6 is 0 Å². The summed E-state index contributed by atoms with van der Waals surface area (Å²) < 4.78 is 5.62. The van der Waals surface area contributed by atoms with Gasteiger partial charge in [0.1, 0.15) is 6.61 Å². The Morgan fingerprint density at radius 3 is 2.31 bits per heavy atom. The number of benzene rings is 2. The maximum Gasteiger partial charge on any atom is 0.407 e. The van der Waals surface area contributed by atoms with Gasteiger partial charge in [-0.3, -0.25) is 9.59 Å². The van der Waals surface area contributed by atoms with Crippen molar-refractivity contribution in [2.75, 3.05) is 19.7 Å². The van der Waals surface area contributed by atoms with E-state index < -0.39 is 12.1 Å². The van der Waals surface area contributed by atoms with Crippen LogP contribution in [0.3, 0.4) is 0 Å². The number of aliphatic carboxylic acids is 1. The molecule has 0 spiro atoms. The van der Waals surface area contributed by atoms with Crippen molar-refractivity contribution in [3.05, 3.63) is 59.7 Å². The number of alkyl carbamates (subject to hydrolysis) is 1. The minimum absolute atomic E-state index is 0.00985. The summed E-state index contributed by atoms with van der Waals surface area (Å²) in [6.07, 6.45) is 2.91. The average molecular weight is 479 g/mol. The minimum atomic E-state index is -0.820. The molecule has 0 bridgehead atoms. The van der Waals surface area contributed by atoms with Crippen molar-refractivity contribution in [1.82, 2.24) is 10.6 Å². The summed E-state index contributed by atoms with van der Waals surface area (Å²) in [6, 6.07) is 16.5. The highest BCUT2D eigenvalue weighted by molar-refractivity contribution is 5.80. The molecule has 35 heavy (non-hydrogen) atoms. The standard InChI is InChI=1S/C28H34N2O5/c1-18(15-26(31)32)13-14-29-27(33)20-12-6-7-19(20)16-30-28(34)35-17-25-23-10-4-2-8-21(23)22-9-3-5-11-24(22)25/h2-5,8-11,18-20,25H,6-7,12-17H2,1H3,(H,29,33)(H,30,34)(H,31,32). The molecule has 0 aromatic heterocycles. The van der Waals surface area contributed by atoms with E-state index in [0.717, 1.165) is 19.3 Å². The zero-order chi connectivity index (χ0) is 24.8. The van der Waals surface area contributed by atoms with E-state index in [0.29, 0.717) is 19.5 Å². The Labute approximate surface area is 206 Å². The van der Waals surface area contributed by atoms with Gasteiger partial charge in [0.15, 0.2) is 0 Å². The molecule has 0 radical (unpaired) electrons. The molecule has 1 saturated carbocycles. The van der Waals surface area contributed by atoms with Gasteiger partial charge in [0.2, 0.25) is 5.91 Å². The second kappa shape index (κ2) is 11.4. The van der Waals surface area contributed by atoms with Crippen LogP contribution in [0, 0.1) is 17.8 Å². The van der Waals surface area contributed by atoms with Crippen LogP contribution in [0.4, 0.5) is 4.79 Å². The molecule has 4 rings (SSSR count). The Morgan fingerprint density at radius 1 is 1.00 bits per heavy atom. The molecular weight excluding hydrogens is 444 g/mol. The Kier molecular flexibility index (Phi) is 8.06. The molecule has 0 heterocycles. The van der Waals surface area contributed by atoms with Gasteiger partial charge in [0, 0.05) is 31.3 Å². The van der Waals surface area contributed by atoms with E-state index in [1.807, 2.05) is 31.2 Å². The summed E-state index contributed by atoms with van der Waals surface area (Å²) in [5.74, 6) is -0.863. The first-order chi connectivity index (χ1) is 16.9. The van der Waals surface area contributed by atoms with Crippen LogP contribution in [-0.2, 0) is 14.3 Å². The van der Waals surface area contributed by atoms with E-state index >= 15 is 0 Å². The first kappa shape index (κ1) is 24.8. The summed E-state index contributed by atoms with van der Waals surface area (Å²) in [7, 11) is 0. The molecule has 3 N–H and O–H groups in total. The molecule has 2 aliphatic carbocycles. The van der Waals surface area contributed by atoms with Gasteiger partial charge >= 0.3 is 12.1 Å². The molecular formula is C28H34N2O5. The lowest BCUT2D eigenvalue weighted by molar-refractivity contribution is -0.138. The van der Waals surface area contributed by atoms with Crippen LogP contribution in [-0.4, -0.2) is 42.8 Å². The van der Waals surface area contributed by atoms with Gasteiger partial charge in [0.05, 0.1) is 0 Å². The average Bonchev–Trinajstić information content (AvgIpc) is 3.44. The molecule has 7 heteroatoms. The Morgan fingerprint density at radius 2 is 1.66 bits per heavy atom. The number of hydrogen-bond acceptors (Lipinski definition) is 4. The fraction of sp³-hybridized carbons (Fsp3) is 0.464. The number of carboxylic acid groups (broad SMARTS) is 1. The zero-order valence-electron chi connectivity index (χ0n) is 20.2. The fourth-order valence-electron chi connectivity index (χ4n) is 5.46. The first-order valence-electron chi connectivity index (χ1n) is 12.5. The molecule has 7 nitrogen and oxygen atoms in total. The summed E-state index contributed by atoms with van der Waals surface area (Å²) in [4.78, 5) is 36.0. The summed E-state index contributed by atoms with van der Waals surface area (Å²) in [5.41, 5.74) is 4.72. The van der Waals surface area contributed by atoms with Gasteiger partial charge in [-0.05, 0) is 53.4 Å². The number of rotatable bonds is 10. The molecule has 2 amide bonds. The third kappa shape index (κ3) is 6.02. The third-order valence-electron chi connectivity index (χ3n) is 7.31. The van der Waals surface area contributed by atoms with Crippen molar-refractivity contribution in [1.29, 1.82) is 0 Å². The molecule has 2 aromatic rings. The number of carboxylic acids is 1. The van der Waals surface area contributed by atoms with Crippen molar-refractivity contribution < 1.29 is 24.2 Å². The van der Waals surface area contributed by atoms with Crippen LogP contribution in [0.25, 0.3) is 11.1 Å². The minimum Gasteiger partial charge on any atom is -0.481 e. The molecule has 3 unspecified atom stereocenters. The summed E-state index contributed by atoms with van der Waals surface area (Å²) in [5, 5.41) is 14.7. The van der Waals surface area contributed by atoms with Gasteiger partial charge in [-0.2, -0.15) is 0 Å². The van der Waals surface area contributed by atoms with Crippen LogP contribution in [0.1, 0.15) is 56.1 Å². The maximum absolute atomic E-state index is 12.7. The Bertz CT molecular complexity index is 1020. The van der Waals surface area contributed by atoms with E-state index in [2.05, 4.69) is 34.9 Å². The predicted octanol–water partition coefficient (Wildman–Crippen LogP) is 4.56. The van der Waals surface area contributed by atoms with Crippen LogP contribution < -0.4 is 10.6 Å². The number of hydrogen-bond donors (Lipinski definition) is 3. The first-order valence-corrected chi connectivity index (χ1v) is 12.5. The van der Waals surface area contributed by atoms with Crippen LogP contribution in [0.2, 0.25) is 0 Å². The molecule has 2 aliphatic rings. The molecule has 186 valence electrons. The number of nitrogens with one attached hydrogen (secondary N) is 2. The summed E-state index contributed by atoms with van der Waals surface area (Å²) in [6.45, 7) is 3.01. The topological polar surface area (TPSA) is 105 Å². The number of carbonyl (C=O) groups excluding carboxylic acids is 2. The molecule has 3 atom stereocenters. The second-order valence-corrected chi connectivity index (χ2v) is 9.79. The monoisotopic (exact) mass is 478 g/mol. The van der Waals surface area contributed by atoms with Gasteiger partial charge in [-0.15, -0.1) is 0 Å². The predicted molar refractivity (Wildman–Crippen MR) is 133 cm³/mol. The van der Waals surface area contributed by atoms with Crippen molar-refractivity contribution in [3.63, 3.8) is 0 Å². The largest absolute Gasteiger partial charge is 0.481 e. The molecule has 0 saturated heterocycles. The lowest BCUT2D eigenvalue weighted by atomic mass is 9.95. The van der Waals surface area contributed by atoms with E-state index in [9.17, 15) is 14.4 Å². The van der Waals surface area contributed by atoms with Crippen molar-refractivity contribution in [2.24, 2.45) is 17.8 Å². The highest BCUT2D eigenvalue weighted by Crippen LogP contribution is 2.44. The van der Waals surface area contributed by atoms with Crippen molar-refractivity contribution in [2.45, 2.75) is 44.9 Å². The molecule has 0 aliphatic heterocycles. The lowest BCUT2D eigenvalue weighted by Crippen LogP contribution is -2.38. The highest BCUT2D eigenvalue weighted by atomic mass is 16.5. The SMILES string of the molecule is CC(CCNC(=O)C1CCCC1CNC(=O)OCC1c2ccccc2-c2ccccc21)CC(=O)O. The third-order valence-corrected chi connectivity index (χ3v) is 7.31. The van der Waals surface area contributed by atoms with Gasteiger partial charge in [-0.25, -0.2) is 4.79 Å². The second-order valence-electron chi connectivity index (χ2n) is 9.79. The van der Waals surface area contributed by atoms with Gasteiger partial charge < -0.3 is 20.5 Å². The van der Waals surface area contributed by atoms with E-state index in [4.69, 9.17) is 9.84 Å². The normalized spacial score (nSPS) is 19.5. The Hall–Kier alpha value is -3.35. The molecule has 2 aromatic carbocycles. The lowest BCUT2D eigenvalue weighted by Gasteiger charge is -2.20. The van der Waals surface area contributed by atoms with Gasteiger partial charge in [0.25, 0.3) is 0 Å². The van der Waals surface area contributed by atoms with E-state index in [1.165, 1.54) is 22.3 Å². The van der Waals surface area contributed by atoms with Crippen LogP contribution in [0.5, 0.6) is 0 Å². The Balaban J connectivity index is 1.24. The highest BCUT2D eigenvalue weighted by Gasteiger charge is 2.33. The van der Waals surface area contributed by atoms with E-state index in [-0.39, 0.29) is 42.6 Å². The van der Waals surface area contributed by atoms with E-state index in [1.54, 1.807) is 0 Å². The molecule has 1 fully saturated rings. The number of fused-ring (bicyclic) bond motifs is 3. The number of amides is 2. The zero-order valence-corrected chi connectivity index (χ0v) is 20.2. The maximum atomic E-state index is 12.7.